The zero-order valence-electron chi connectivity index (χ0n) is 12.3. The Labute approximate surface area is 151 Å². The molecule has 0 aliphatic carbocycles. The van der Waals surface area contributed by atoms with Gasteiger partial charge in [0.1, 0.15) is 0 Å². The molecule has 3 aromatic rings. The highest BCUT2D eigenvalue weighted by Crippen LogP contribution is 2.27. The van der Waals surface area contributed by atoms with Gasteiger partial charge in [-0.25, -0.2) is 0 Å². The number of hydrogen-bond donors (Lipinski definition) is 1. The summed E-state index contributed by atoms with van der Waals surface area (Å²) in [5.41, 5.74) is 1.08. The lowest BCUT2D eigenvalue weighted by molar-refractivity contribution is 0.0996. The van der Waals surface area contributed by atoms with E-state index in [0.717, 1.165) is 0 Å². The topological polar surface area (TPSA) is 59.3 Å². The van der Waals surface area contributed by atoms with Gasteiger partial charge in [0.15, 0.2) is 11.5 Å². The predicted molar refractivity (Wildman–Crippen MR) is 95.7 cm³/mol. The summed E-state index contributed by atoms with van der Waals surface area (Å²) in [4.78, 5) is 25.0. The van der Waals surface area contributed by atoms with Gasteiger partial charge in [0.05, 0.1) is 17.0 Å². The van der Waals surface area contributed by atoms with E-state index in [9.17, 15) is 9.59 Å². The van der Waals surface area contributed by atoms with E-state index >= 15 is 0 Å². The summed E-state index contributed by atoms with van der Waals surface area (Å²) in [5.74, 6) is -0.554. The molecule has 4 nitrogen and oxygen atoms in total. The van der Waals surface area contributed by atoms with Crippen LogP contribution < -0.4 is 5.32 Å². The first-order valence-electron chi connectivity index (χ1n) is 7.00. The molecule has 0 bridgehead atoms. The average molecular weight is 405 g/mol. The third kappa shape index (κ3) is 3.42. The average Bonchev–Trinajstić information content (AvgIpc) is 3.11. The predicted octanol–water partition coefficient (Wildman–Crippen LogP) is 5.18. The number of carbonyl (C=O) groups is 2. The second kappa shape index (κ2) is 7.03. The van der Waals surface area contributed by atoms with Crippen molar-refractivity contribution < 1.29 is 14.0 Å². The highest BCUT2D eigenvalue weighted by Gasteiger charge is 2.19. The Morgan fingerprint density at radius 3 is 2.50 bits per heavy atom. The molecule has 0 saturated heterocycles. The molecular weight excluding hydrogens is 394 g/mol. The van der Waals surface area contributed by atoms with Gasteiger partial charge in [-0.3, -0.25) is 9.59 Å². The minimum Gasteiger partial charge on any atom is -0.459 e. The molecule has 6 heteroatoms. The molecule has 1 amide bonds. The van der Waals surface area contributed by atoms with Gasteiger partial charge in [-0.2, -0.15) is 0 Å². The quantitative estimate of drug-likeness (QED) is 0.610. The normalized spacial score (nSPS) is 10.4. The van der Waals surface area contributed by atoms with E-state index in [1.165, 1.54) is 6.26 Å². The maximum absolute atomic E-state index is 12.8. The van der Waals surface area contributed by atoms with Crippen LogP contribution in [0.5, 0.6) is 0 Å². The van der Waals surface area contributed by atoms with Crippen molar-refractivity contribution in [1.82, 2.24) is 0 Å². The molecule has 0 saturated carbocycles. The van der Waals surface area contributed by atoms with Gasteiger partial charge in [0, 0.05) is 15.6 Å². The molecule has 1 aromatic heterocycles. The monoisotopic (exact) mass is 403 g/mol. The highest BCUT2D eigenvalue weighted by atomic mass is 79.9. The van der Waals surface area contributed by atoms with Gasteiger partial charge < -0.3 is 9.73 Å². The number of rotatable bonds is 4. The van der Waals surface area contributed by atoms with Crippen molar-refractivity contribution in [3.63, 3.8) is 0 Å². The Morgan fingerprint density at radius 2 is 1.79 bits per heavy atom. The molecule has 0 spiro atoms. The second-order valence-electron chi connectivity index (χ2n) is 4.93. The molecule has 0 aliphatic heterocycles. The van der Waals surface area contributed by atoms with Crippen LogP contribution in [-0.2, 0) is 0 Å². The lowest BCUT2D eigenvalue weighted by Gasteiger charge is -2.11. The Balaban J connectivity index is 1.98. The van der Waals surface area contributed by atoms with Crippen LogP contribution in [0.25, 0.3) is 0 Å². The Bertz CT molecular complexity index is 906. The van der Waals surface area contributed by atoms with Gasteiger partial charge in [-0.15, -0.1) is 0 Å². The zero-order chi connectivity index (χ0) is 17.1. The van der Waals surface area contributed by atoms with Crippen molar-refractivity contribution in [2.45, 2.75) is 0 Å². The third-order valence-corrected chi connectivity index (χ3v) is 4.16. The molecule has 0 aliphatic rings. The molecule has 0 atom stereocenters. The third-order valence-electron chi connectivity index (χ3n) is 3.34. The zero-order valence-corrected chi connectivity index (χ0v) is 14.6. The number of carbonyl (C=O) groups excluding carboxylic acids is 2. The minimum atomic E-state index is -0.435. The van der Waals surface area contributed by atoms with Gasteiger partial charge >= 0.3 is 0 Å². The maximum atomic E-state index is 12.8. The summed E-state index contributed by atoms with van der Waals surface area (Å²) in [6.45, 7) is 0. The molecule has 0 fully saturated rings. The van der Waals surface area contributed by atoms with Crippen LogP contribution in [0.15, 0.2) is 69.8 Å². The molecule has 0 radical (unpaired) electrons. The van der Waals surface area contributed by atoms with Gasteiger partial charge in [0.2, 0.25) is 0 Å². The maximum Gasteiger partial charge on any atom is 0.291 e. The van der Waals surface area contributed by atoms with E-state index in [0.29, 0.717) is 26.3 Å². The Hall–Kier alpha value is -2.37. The van der Waals surface area contributed by atoms with Crippen LogP contribution in [0, 0.1) is 0 Å². The number of hydrogen-bond acceptors (Lipinski definition) is 3. The summed E-state index contributed by atoms with van der Waals surface area (Å²) < 4.78 is 5.78. The van der Waals surface area contributed by atoms with Crippen LogP contribution in [0.4, 0.5) is 5.69 Å². The number of benzene rings is 2. The molecule has 2 aromatic carbocycles. The van der Waals surface area contributed by atoms with E-state index in [2.05, 4.69) is 21.2 Å². The number of ketones is 1. The molecule has 1 N–H and O–H groups in total. The van der Waals surface area contributed by atoms with Crippen LogP contribution in [0.3, 0.4) is 0 Å². The van der Waals surface area contributed by atoms with E-state index in [1.54, 1.807) is 54.6 Å². The molecule has 24 heavy (non-hydrogen) atoms. The summed E-state index contributed by atoms with van der Waals surface area (Å²) >= 11 is 9.46. The molecular formula is C18H11BrClNO3. The van der Waals surface area contributed by atoms with Gasteiger partial charge in [-0.1, -0.05) is 39.7 Å². The Kier molecular flexibility index (Phi) is 4.83. The molecule has 3 rings (SSSR count). The first-order valence-corrected chi connectivity index (χ1v) is 8.17. The molecule has 0 unspecified atom stereocenters. The smallest absolute Gasteiger partial charge is 0.291 e. The fraction of sp³-hybridized carbons (Fsp3) is 0. The fourth-order valence-electron chi connectivity index (χ4n) is 2.20. The second-order valence-corrected chi connectivity index (χ2v) is 6.25. The number of nitrogens with one attached hydrogen (secondary N) is 1. The van der Waals surface area contributed by atoms with E-state index in [1.807, 2.05) is 0 Å². The van der Waals surface area contributed by atoms with Crippen LogP contribution in [-0.4, -0.2) is 11.7 Å². The van der Waals surface area contributed by atoms with Crippen molar-refractivity contribution in [3.8, 4) is 0 Å². The first-order chi connectivity index (χ1) is 11.6. The Morgan fingerprint density at radius 1 is 1.00 bits per heavy atom. The lowest BCUT2D eigenvalue weighted by Crippen LogP contribution is -2.15. The van der Waals surface area contributed by atoms with Gasteiger partial charge in [-0.05, 0) is 42.5 Å². The summed E-state index contributed by atoms with van der Waals surface area (Å²) in [6, 6.07) is 15.0. The highest BCUT2D eigenvalue weighted by molar-refractivity contribution is 9.10. The fourth-order valence-corrected chi connectivity index (χ4v) is 2.78. The lowest BCUT2D eigenvalue weighted by atomic mass is 10.0. The number of furan rings is 1. The van der Waals surface area contributed by atoms with Crippen molar-refractivity contribution in [3.05, 3.63) is 87.2 Å². The summed E-state index contributed by atoms with van der Waals surface area (Å²) in [7, 11) is 0. The van der Waals surface area contributed by atoms with Crippen molar-refractivity contribution in [2.75, 3.05) is 5.32 Å². The SMILES string of the molecule is O=C(Nc1ccc(Br)cc1C(=O)c1ccccc1Cl)c1ccco1. The molecule has 120 valence electrons. The van der Waals surface area contributed by atoms with Crippen molar-refractivity contribution >= 4 is 44.9 Å². The summed E-state index contributed by atoms with van der Waals surface area (Å²) in [6.07, 6.45) is 1.41. The van der Waals surface area contributed by atoms with Crippen LogP contribution >= 0.6 is 27.5 Å². The largest absolute Gasteiger partial charge is 0.459 e. The minimum absolute atomic E-state index is 0.161. The van der Waals surface area contributed by atoms with E-state index in [-0.39, 0.29) is 11.5 Å². The van der Waals surface area contributed by atoms with Crippen LogP contribution in [0.1, 0.15) is 26.5 Å². The molecule has 1 heterocycles. The van der Waals surface area contributed by atoms with Crippen molar-refractivity contribution in [2.24, 2.45) is 0 Å². The number of halogens is 2. The van der Waals surface area contributed by atoms with E-state index in [4.69, 9.17) is 16.0 Å². The van der Waals surface area contributed by atoms with Gasteiger partial charge in [0.25, 0.3) is 5.91 Å². The van der Waals surface area contributed by atoms with Crippen LogP contribution in [0.2, 0.25) is 5.02 Å². The number of amides is 1. The first kappa shape index (κ1) is 16.5. The summed E-state index contributed by atoms with van der Waals surface area (Å²) in [5, 5.41) is 3.05. The van der Waals surface area contributed by atoms with E-state index < -0.39 is 5.91 Å². The van der Waals surface area contributed by atoms with Crippen molar-refractivity contribution in [1.29, 1.82) is 0 Å². The standard InChI is InChI=1S/C18H11BrClNO3/c19-11-7-8-15(21-18(23)16-6-3-9-24-16)13(10-11)17(22)12-4-1-2-5-14(12)20/h1-10H,(H,21,23). The number of anilines is 1.